The molecule has 0 aromatic heterocycles. The van der Waals surface area contributed by atoms with Gasteiger partial charge < -0.3 is 4.90 Å². The molecule has 1 unspecified atom stereocenters. The average Bonchev–Trinajstić information content (AvgIpc) is 2.62. The molecule has 1 heterocycles. The average molecular weight is 402 g/mol. The molecule has 3 rings (SSSR count). The third-order valence-corrected chi connectivity index (χ3v) is 5.51. The van der Waals surface area contributed by atoms with Gasteiger partial charge in [0.05, 0.1) is 6.21 Å². The summed E-state index contributed by atoms with van der Waals surface area (Å²) in [5, 5.41) is 4.40. The van der Waals surface area contributed by atoms with E-state index in [1.165, 1.54) is 6.21 Å². The molecule has 0 radical (unpaired) electrons. The monoisotopic (exact) mass is 401 g/mol. The van der Waals surface area contributed by atoms with E-state index in [4.69, 9.17) is 11.6 Å². The highest BCUT2D eigenvalue weighted by atomic mass is 35.5. The van der Waals surface area contributed by atoms with Crippen LogP contribution in [0.15, 0.2) is 41.5 Å². The molecule has 1 amide bonds. The predicted octanol–water partition coefficient (Wildman–Crippen LogP) is 5.36. The van der Waals surface area contributed by atoms with Gasteiger partial charge in [-0.05, 0) is 69.0 Å². The van der Waals surface area contributed by atoms with Crippen molar-refractivity contribution in [2.24, 2.45) is 5.10 Å². The van der Waals surface area contributed by atoms with Crippen LogP contribution in [0.2, 0.25) is 5.02 Å². The second kappa shape index (κ2) is 7.92. The number of hydrogen-bond donors (Lipinski definition) is 1. The molecule has 2 aromatic rings. The van der Waals surface area contributed by atoms with Gasteiger partial charge in [-0.25, -0.2) is 9.82 Å². The fourth-order valence-corrected chi connectivity index (χ4v) is 4.26. The first-order valence-electron chi connectivity index (χ1n) is 9.43. The Morgan fingerprint density at radius 3 is 2.82 bits per heavy atom. The van der Waals surface area contributed by atoms with E-state index < -0.39 is 5.91 Å². The number of anilines is 1. The van der Waals surface area contributed by atoms with E-state index in [1.807, 2.05) is 6.07 Å². The fourth-order valence-electron chi connectivity index (χ4n) is 4.07. The molecule has 4 nitrogen and oxygen atoms in total. The van der Waals surface area contributed by atoms with Gasteiger partial charge in [-0.1, -0.05) is 24.6 Å². The Kier molecular flexibility index (Phi) is 5.75. The third-order valence-electron chi connectivity index (χ3n) is 5.28. The summed E-state index contributed by atoms with van der Waals surface area (Å²) < 4.78 is 14.7. The first-order valence-corrected chi connectivity index (χ1v) is 9.80. The lowest BCUT2D eigenvalue weighted by Gasteiger charge is -2.47. The molecule has 148 valence electrons. The van der Waals surface area contributed by atoms with Gasteiger partial charge >= 0.3 is 0 Å². The summed E-state index contributed by atoms with van der Waals surface area (Å²) >= 11 is 5.89. The Hall–Kier alpha value is -2.40. The normalized spacial score (nSPS) is 18.2. The first kappa shape index (κ1) is 20.3. The molecule has 1 aliphatic rings. The lowest BCUT2D eigenvalue weighted by atomic mass is 9.79. The summed E-state index contributed by atoms with van der Waals surface area (Å²) in [6.45, 7) is 9.44. The summed E-state index contributed by atoms with van der Waals surface area (Å²) in [5.74, 6) is -0.450. The number of fused-ring (bicyclic) bond motifs is 1. The molecular weight excluding hydrogens is 377 g/mol. The number of amides is 1. The minimum Gasteiger partial charge on any atom is -0.366 e. The lowest BCUT2D eigenvalue weighted by Crippen LogP contribution is -2.48. The van der Waals surface area contributed by atoms with Crippen molar-refractivity contribution in [2.45, 2.75) is 45.6 Å². The number of nitrogens with zero attached hydrogens (tertiary/aromatic N) is 2. The molecule has 1 aliphatic heterocycles. The Morgan fingerprint density at radius 1 is 1.39 bits per heavy atom. The van der Waals surface area contributed by atoms with Crippen molar-refractivity contribution in [2.75, 3.05) is 11.4 Å². The summed E-state index contributed by atoms with van der Waals surface area (Å²) in [5.41, 5.74) is 5.19. The van der Waals surface area contributed by atoms with Crippen molar-refractivity contribution in [1.29, 1.82) is 0 Å². The number of rotatable bonds is 4. The van der Waals surface area contributed by atoms with Crippen molar-refractivity contribution >= 4 is 29.4 Å². The van der Waals surface area contributed by atoms with Crippen LogP contribution in [0.4, 0.5) is 10.1 Å². The quantitative estimate of drug-likeness (QED) is 0.554. The summed E-state index contributed by atoms with van der Waals surface area (Å²) in [7, 11) is 0. The summed E-state index contributed by atoms with van der Waals surface area (Å²) in [6.07, 6.45) is 2.34. The number of hydrazone groups is 1. The molecule has 0 saturated carbocycles. The number of carbonyl (C=O) groups is 1. The van der Waals surface area contributed by atoms with Crippen molar-refractivity contribution in [3.8, 4) is 0 Å². The van der Waals surface area contributed by atoms with Crippen LogP contribution in [0.25, 0.3) is 0 Å². The molecule has 2 aromatic carbocycles. The number of halogens is 2. The zero-order valence-corrected chi connectivity index (χ0v) is 17.3. The fraction of sp³-hybridized carbons (Fsp3) is 0.364. The van der Waals surface area contributed by atoms with Gasteiger partial charge in [0, 0.05) is 33.9 Å². The second-order valence-corrected chi connectivity index (χ2v) is 8.24. The van der Waals surface area contributed by atoms with Gasteiger partial charge in [0.15, 0.2) is 0 Å². The molecule has 0 aliphatic carbocycles. The largest absolute Gasteiger partial charge is 0.366 e. The Morgan fingerprint density at radius 2 is 2.14 bits per heavy atom. The molecular formula is C22H25ClFN3O. The van der Waals surface area contributed by atoms with Gasteiger partial charge in [0.1, 0.15) is 5.82 Å². The molecule has 6 heteroatoms. The van der Waals surface area contributed by atoms with Crippen LogP contribution in [0, 0.1) is 5.82 Å². The molecule has 0 spiro atoms. The Balaban J connectivity index is 1.83. The number of benzene rings is 2. The maximum absolute atomic E-state index is 14.7. The van der Waals surface area contributed by atoms with Gasteiger partial charge in [-0.2, -0.15) is 5.10 Å². The molecule has 0 saturated heterocycles. The van der Waals surface area contributed by atoms with Crippen LogP contribution in [0.3, 0.4) is 0 Å². The van der Waals surface area contributed by atoms with Gasteiger partial charge in [0.2, 0.25) is 0 Å². The van der Waals surface area contributed by atoms with E-state index in [-0.39, 0.29) is 11.4 Å². The molecule has 28 heavy (non-hydrogen) atoms. The van der Waals surface area contributed by atoms with E-state index in [9.17, 15) is 9.18 Å². The van der Waals surface area contributed by atoms with Gasteiger partial charge in [-0.3, -0.25) is 4.79 Å². The Labute approximate surface area is 170 Å². The van der Waals surface area contributed by atoms with Crippen LogP contribution < -0.4 is 10.3 Å². The van der Waals surface area contributed by atoms with E-state index in [0.717, 1.165) is 24.2 Å². The maximum Gasteiger partial charge on any atom is 0.271 e. The molecule has 0 bridgehead atoms. The minimum absolute atomic E-state index is 0.0197. The van der Waals surface area contributed by atoms with E-state index in [1.54, 1.807) is 30.3 Å². The highest BCUT2D eigenvalue weighted by molar-refractivity contribution is 6.30. The molecule has 0 fully saturated rings. The Bertz CT molecular complexity index is 926. The van der Waals surface area contributed by atoms with Crippen LogP contribution in [-0.2, 0) is 0 Å². The van der Waals surface area contributed by atoms with Gasteiger partial charge in [0.25, 0.3) is 5.91 Å². The van der Waals surface area contributed by atoms with Crippen LogP contribution in [0.1, 0.15) is 61.5 Å². The van der Waals surface area contributed by atoms with Crippen LogP contribution in [0.5, 0.6) is 0 Å². The third kappa shape index (κ3) is 4.04. The molecule has 1 atom stereocenters. The summed E-state index contributed by atoms with van der Waals surface area (Å²) in [6, 6.07) is 9.98. The lowest BCUT2D eigenvalue weighted by molar-refractivity contribution is 0.0955. The summed E-state index contributed by atoms with van der Waals surface area (Å²) in [4.78, 5) is 14.4. The zero-order chi connectivity index (χ0) is 20.5. The minimum atomic E-state index is -0.399. The zero-order valence-electron chi connectivity index (χ0n) is 16.6. The highest BCUT2D eigenvalue weighted by Crippen LogP contribution is 2.43. The van der Waals surface area contributed by atoms with Crippen molar-refractivity contribution < 1.29 is 9.18 Å². The van der Waals surface area contributed by atoms with Crippen molar-refractivity contribution in [1.82, 2.24) is 5.43 Å². The van der Waals surface area contributed by atoms with E-state index in [2.05, 4.69) is 43.1 Å². The number of hydrogen-bond acceptors (Lipinski definition) is 3. The van der Waals surface area contributed by atoms with Crippen LogP contribution in [-0.4, -0.2) is 24.2 Å². The number of nitrogens with one attached hydrogen (secondary N) is 1. The van der Waals surface area contributed by atoms with Crippen molar-refractivity contribution in [3.63, 3.8) is 0 Å². The van der Waals surface area contributed by atoms with E-state index >= 15 is 0 Å². The highest BCUT2D eigenvalue weighted by Gasteiger charge is 2.36. The predicted molar refractivity (Wildman–Crippen MR) is 113 cm³/mol. The van der Waals surface area contributed by atoms with Gasteiger partial charge in [-0.15, -0.1) is 0 Å². The van der Waals surface area contributed by atoms with Crippen molar-refractivity contribution in [3.05, 3.63) is 63.9 Å². The van der Waals surface area contributed by atoms with E-state index in [0.29, 0.717) is 22.1 Å². The smallest absolute Gasteiger partial charge is 0.271 e. The number of carbonyl (C=O) groups excluding carboxylic acids is 1. The first-order chi connectivity index (χ1) is 13.2. The SMILES string of the molecule is CCN1c2cc(F)c(/C=N\NC(=O)c3cccc(Cl)c3)cc2C(C)CC1(C)C. The standard InChI is InChI=1S/C22H25ClFN3O/c1-5-27-20-11-19(24)16(10-18(20)14(2)12-22(27,3)4)13-25-26-21(28)15-7-6-8-17(23)9-15/h6-11,13-14H,5,12H2,1-4H3,(H,26,28)/b25-13-. The van der Waals surface area contributed by atoms with Crippen LogP contribution >= 0.6 is 11.6 Å². The maximum atomic E-state index is 14.7. The topological polar surface area (TPSA) is 44.7 Å². The molecule has 1 N–H and O–H groups in total. The second-order valence-electron chi connectivity index (χ2n) is 7.80.